The van der Waals surface area contributed by atoms with Crippen LogP contribution in [0.4, 0.5) is 5.69 Å². The highest BCUT2D eigenvalue weighted by Crippen LogP contribution is 2.33. The first kappa shape index (κ1) is 18.2. The van der Waals surface area contributed by atoms with E-state index >= 15 is 0 Å². The second-order valence-corrected chi connectivity index (χ2v) is 8.42. The minimum absolute atomic E-state index is 0.134. The molecule has 3 aromatic rings. The predicted octanol–water partition coefficient (Wildman–Crippen LogP) is 4.50. The number of carbonyl (C=O) groups is 1. The van der Waals surface area contributed by atoms with E-state index in [1.165, 1.54) is 15.8 Å². The van der Waals surface area contributed by atoms with Gasteiger partial charge in [0.2, 0.25) is 5.91 Å². The molecular weight excluding hydrogens is 382 g/mol. The van der Waals surface area contributed by atoms with E-state index in [0.717, 1.165) is 41.6 Å². The van der Waals surface area contributed by atoms with Gasteiger partial charge in [0.05, 0.1) is 11.7 Å². The lowest BCUT2D eigenvalue weighted by Gasteiger charge is -2.16. The smallest absolute Gasteiger partial charge is 0.263 e. The molecule has 0 aliphatic heterocycles. The van der Waals surface area contributed by atoms with Crippen molar-refractivity contribution in [2.24, 2.45) is 0 Å². The van der Waals surface area contributed by atoms with Crippen molar-refractivity contribution < 1.29 is 4.79 Å². The summed E-state index contributed by atoms with van der Waals surface area (Å²) in [5.41, 5.74) is 2.44. The van der Waals surface area contributed by atoms with Crippen LogP contribution in [-0.2, 0) is 17.6 Å². The molecule has 1 aromatic carbocycles. The third-order valence-electron chi connectivity index (χ3n) is 5.22. The summed E-state index contributed by atoms with van der Waals surface area (Å²) in [5, 5.41) is 4.15. The molecule has 1 aliphatic carbocycles. The third kappa shape index (κ3) is 3.17. The average molecular weight is 402 g/mol. The van der Waals surface area contributed by atoms with Crippen LogP contribution < -0.4 is 10.9 Å². The van der Waals surface area contributed by atoms with E-state index in [1.54, 1.807) is 36.5 Å². The van der Waals surface area contributed by atoms with Crippen LogP contribution in [0.1, 0.15) is 41.8 Å². The number of fused-ring (bicyclic) bond motifs is 3. The largest absolute Gasteiger partial charge is 0.324 e. The number of hydrogen-bond donors (Lipinski definition) is 1. The Labute approximate surface area is 166 Å². The molecule has 5 nitrogen and oxygen atoms in total. The molecule has 7 heteroatoms. The summed E-state index contributed by atoms with van der Waals surface area (Å²) in [6, 6.07) is 4.68. The van der Waals surface area contributed by atoms with Crippen LogP contribution >= 0.6 is 22.9 Å². The third-order valence-corrected chi connectivity index (χ3v) is 6.83. The number of anilines is 1. The minimum atomic E-state index is -0.674. The Kier molecular flexibility index (Phi) is 4.78. The van der Waals surface area contributed by atoms with Crippen molar-refractivity contribution in [2.75, 3.05) is 5.32 Å². The number of thiophene rings is 1. The monoisotopic (exact) mass is 401 g/mol. The topological polar surface area (TPSA) is 64.0 Å². The lowest BCUT2D eigenvalue weighted by Crippen LogP contribution is -2.32. The normalized spacial score (nSPS) is 14.8. The van der Waals surface area contributed by atoms with Crippen molar-refractivity contribution in [3.63, 3.8) is 0 Å². The second-order valence-electron chi connectivity index (χ2n) is 6.93. The van der Waals surface area contributed by atoms with Crippen molar-refractivity contribution in [1.29, 1.82) is 0 Å². The van der Waals surface area contributed by atoms with Gasteiger partial charge < -0.3 is 5.32 Å². The number of hydrogen-bond acceptors (Lipinski definition) is 4. The molecule has 2 aromatic heterocycles. The Morgan fingerprint density at radius 1 is 1.33 bits per heavy atom. The van der Waals surface area contributed by atoms with Gasteiger partial charge in [0, 0.05) is 15.6 Å². The van der Waals surface area contributed by atoms with Crippen molar-refractivity contribution in [3.05, 3.63) is 55.9 Å². The molecule has 0 fully saturated rings. The van der Waals surface area contributed by atoms with Crippen LogP contribution in [-0.4, -0.2) is 15.5 Å². The van der Waals surface area contributed by atoms with Crippen LogP contribution in [0.5, 0.6) is 0 Å². The zero-order valence-corrected chi connectivity index (χ0v) is 16.8. The number of aromatic nitrogens is 2. The zero-order valence-electron chi connectivity index (χ0n) is 15.2. The number of carbonyl (C=O) groups excluding carboxylic acids is 1. The quantitative estimate of drug-likeness (QED) is 0.702. The molecule has 0 bridgehead atoms. The maximum atomic E-state index is 13.1. The van der Waals surface area contributed by atoms with Crippen LogP contribution in [0.25, 0.3) is 10.2 Å². The van der Waals surface area contributed by atoms with Gasteiger partial charge in [-0.25, -0.2) is 4.98 Å². The maximum absolute atomic E-state index is 13.1. The summed E-state index contributed by atoms with van der Waals surface area (Å²) in [5.74, 6) is -0.271. The van der Waals surface area contributed by atoms with E-state index in [-0.39, 0.29) is 11.5 Å². The number of benzene rings is 1. The molecule has 1 atom stereocenters. The van der Waals surface area contributed by atoms with Gasteiger partial charge in [-0.3, -0.25) is 14.2 Å². The van der Waals surface area contributed by atoms with E-state index in [2.05, 4.69) is 10.3 Å². The zero-order chi connectivity index (χ0) is 19.1. The summed E-state index contributed by atoms with van der Waals surface area (Å²) in [6.45, 7) is 3.56. The first-order valence-corrected chi connectivity index (χ1v) is 10.2. The number of nitrogens with zero attached hydrogens (tertiary/aromatic N) is 2. The Morgan fingerprint density at radius 3 is 2.93 bits per heavy atom. The first-order valence-electron chi connectivity index (χ1n) is 9.04. The van der Waals surface area contributed by atoms with Gasteiger partial charge in [-0.1, -0.05) is 17.7 Å². The van der Waals surface area contributed by atoms with Gasteiger partial charge >= 0.3 is 0 Å². The van der Waals surface area contributed by atoms with E-state index in [9.17, 15) is 9.59 Å². The average Bonchev–Trinajstić information content (AvgIpc) is 3.04. The molecule has 0 radical (unpaired) electrons. The Hall–Kier alpha value is -2.18. The molecule has 0 saturated heterocycles. The number of nitrogens with one attached hydrogen (secondary N) is 1. The summed E-state index contributed by atoms with van der Waals surface area (Å²) >= 11 is 7.73. The molecule has 2 heterocycles. The summed E-state index contributed by atoms with van der Waals surface area (Å²) in [7, 11) is 0. The van der Waals surface area contributed by atoms with Crippen LogP contribution in [0.15, 0.2) is 29.3 Å². The standard InChI is InChI=1S/C20H20ClN3O2S/c1-11-14(21)7-5-8-15(11)23-18(25)12(2)24-10-22-19-17(20(24)26)13-6-3-4-9-16(13)27-19/h5,7-8,10,12H,3-4,6,9H2,1-2H3,(H,23,25)/t12-/m0/s1. The predicted molar refractivity (Wildman–Crippen MR) is 110 cm³/mol. The molecule has 4 rings (SSSR count). The lowest BCUT2D eigenvalue weighted by atomic mass is 9.97. The summed E-state index contributed by atoms with van der Waals surface area (Å²) < 4.78 is 1.43. The van der Waals surface area contributed by atoms with E-state index in [0.29, 0.717) is 16.1 Å². The Morgan fingerprint density at radius 2 is 2.11 bits per heavy atom. The SMILES string of the molecule is Cc1c(Cl)cccc1NC(=O)[C@H](C)n1cnc2sc3c(c2c1=O)CCCC3. The second kappa shape index (κ2) is 7.09. The molecular formula is C20H20ClN3O2S. The van der Waals surface area contributed by atoms with Crippen molar-refractivity contribution >= 4 is 44.7 Å². The highest BCUT2D eigenvalue weighted by atomic mass is 35.5. The molecule has 0 unspecified atom stereocenters. The molecule has 27 heavy (non-hydrogen) atoms. The van der Waals surface area contributed by atoms with Crippen molar-refractivity contribution in [2.45, 2.75) is 45.6 Å². The first-order chi connectivity index (χ1) is 13.0. The van der Waals surface area contributed by atoms with Gasteiger partial charge in [0.15, 0.2) is 0 Å². The fourth-order valence-electron chi connectivity index (χ4n) is 3.54. The molecule has 0 saturated carbocycles. The van der Waals surface area contributed by atoms with Crippen molar-refractivity contribution in [3.8, 4) is 0 Å². The van der Waals surface area contributed by atoms with Crippen molar-refractivity contribution in [1.82, 2.24) is 9.55 Å². The Bertz CT molecular complexity index is 1100. The number of rotatable bonds is 3. The molecule has 1 amide bonds. The summed E-state index contributed by atoms with van der Waals surface area (Å²) in [4.78, 5) is 32.4. The van der Waals surface area contributed by atoms with Gasteiger partial charge in [0.1, 0.15) is 10.9 Å². The molecule has 140 valence electrons. The van der Waals surface area contributed by atoms with Gasteiger partial charge in [-0.15, -0.1) is 11.3 Å². The lowest BCUT2D eigenvalue weighted by molar-refractivity contribution is -0.118. The molecule has 1 N–H and O–H groups in total. The maximum Gasteiger partial charge on any atom is 0.263 e. The highest BCUT2D eigenvalue weighted by Gasteiger charge is 2.23. The number of halogens is 1. The van der Waals surface area contributed by atoms with Gasteiger partial charge in [0.25, 0.3) is 5.56 Å². The number of amides is 1. The Balaban J connectivity index is 1.69. The van der Waals surface area contributed by atoms with Gasteiger partial charge in [-0.2, -0.15) is 0 Å². The van der Waals surface area contributed by atoms with Crippen LogP contribution in [0, 0.1) is 6.92 Å². The fraction of sp³-hybridized carbons (Fsp3) is 0.350. The van der Waals surface area contributed by atoms with E-state index in [1.807, 2.05) is 6.92 Å². The summed E-state index contributed by atoms with van der Waals surface area (Å²) in [6.07, 6.45) is 5.67. The van der Waals surface area contributed by atoms with Gasteiger partial charge in [-0.05, 0) is 62.8 Å². The van der Waals surface area contributed by atoms with Crippen LogP contribution in [0.2, 0.25) is 5.02 Å². The van der Waals surface area contributed by atoms with Crippen LogP contribution in [0.3, 0.4) is 0 Å². The van der Waals surface area contributed by atoms with E-state index in [4.69, 9.17) is 11.6 Å². The minimum Gasteiger partial charge on any atom is -0.324 e. The fourth-order valence-corrected chi connectivity index (χ4v) is 4.94. The molecule has 1 aliphatic rings. The van der Waals surface area contributed by atoms with E-state index < -0.39 is 6.04 Å². The highest BCUT2D eigenvalue weighted by molar-refractivity contribution is 7.18. The number of aryl methyl sites for hydroxylation is 2. The molecule has 0 spiro atoms.